The first-order valence-corrected chi connectivity index (χ1v) is 9.37. The fourth-order valence-corrected chi connectivity index (χ4v) is 2.67. The molecule has 0 saturated heterocycles. The summed E-state index contributed by atoms with van der Waals surface area (Å²) in [6.45, 7) is 6.62. The molecule has 28 heavy (non-hydrogen) atoms. The van der Waals surface area contributed by atoms with Gasteiger partial charge in [0.05, 0.1) is 17.9 Å². The molecular weight excluding hydrogens is 356 g/mol. The van der Waals surface area contributed by atoms with Crippen LogP contribution in [-0.2, 0) is 9.53 Å². The molecule has 2 aromatic carbocycles. The van der Waals surface area contributed by atoms with E-state index in [1.807, 2.05) is 39.0 Å². The van der Waals surface area contributed by atoms with E-state index in [1.54, 1.807) is 31.4 Å². The Bertz CT molecular complexity index is 820. The van der Waals surface area contributed by atoms with Crippen molar-refractivity contribution in [2.24, 2.45) is 0 Å². The van der Waals surface area contributed by atoms with E-state index in [2.05, 4.69) is 10.6 Å². The van der Waals surface area contributed by atoms with Crippen LogP contribution in [0.3, 0.4) is 0 Å². The minimum atomic E-state index is -0.662. The molecule has 2 amide bonds. The van der Waals surface area contributed by atoms with E-state index < -0.39 is 6.10 Å². The highest BCUT2D eigenvalue weighted by Crippen LogP contribution is 2.22. The van der Waals surface area contributed by atoms with Gasteiger partial charge < -0.3 is 20.1 Å². The van der Waals surface area contributed by atoms with E-state index in [4.69, 9.17) is 9.47 Å². The first-order chi connectivity index (χ1) is 13.5. The number of benzene rings is 2. The number of ether oxygens (including phenoxy) is 2. The second kappa shape index (κ2) is 10.5. The molecule has 150 valence electrons. The van der Waals surface area contributed by atoms with Crippen LogP contribution in [0.15, 0.2) is 42.5 Å². The highest BCUT2D eigenvalue weighted by atomic mass is 16.5. The number of para-hydroxylation sites is 1. The van der Waals surface area contributed by atoms with E-state index in [-0.39, 0.29) is 11.8 Å². The van der Waals surface area contributed by atoms with Gasteiger partial charge in [-0.3, -0.25) is 9.59 Å². The SMILES string of the molecule is CC[C@H](Oc1cc(C)ccc1C)C(=O)Nc1ccccc1C(=O)NCCOC. The number of aryl methyl sites for hydroxylation is 2. The molecule has 0 saturated carbocycles. The molecule has 0 heterocycles. The Morgan fingerprint density at radius 1 is 1.11 bits per heavy atom. The number of nitrogens with one attached hydrogen (secondary N) is 2. The first-order valence-electron chi connectivity index (χ1n) is 9.37. The summed E-state index contributed by atoms with van der Waals surface area (Å²) in [5.74, 6) is 0.129. The summed E-state index contributed by atoms with van der Waals surface area (Å²) in [7, 11) is 1.57. The van der Waals surface area contributed by atoms with Gasteiger partial charge in [-0.1, -0.05) is 31.2 Å². The van der Waals surface area contributed by atoms with Crippen LogP contribution in [-0.4, -0.2) is 38.2 Å². The summed E-state index contributed by atoms with van der Waals surface area (Å²) in [6, 6.07) is 12.8. The van der Waals surface area contributed by atoms with Gasteiger partial charge in [0.15, 0.2) is 6.10 Å². The van der Waals surface area contributed by atoms with Gasteiger partial charge in [-0.25, -0.2) is 0 Å². The largest absolute Gasteiger partial charge is 0.480 e. The lowest BCUT2D eigenvalue weighted by Crippen LogP contribution is -2.34. The quantitative estimate of drug-likeness (QED) is 0.649. The first kappa shape index (κ1) is 21.4. The van der Waals surface area contributed by atoms with Gasteiger partial charge >= 0.3 is 0 Å². The summed E-state index contributed by atoms with van der Waals surface area (Å²) in [6.07, 6.45) is -0.161. The Morgan fingerprint density at radius 2 is 1.86 bits per heavy atom. The van der Waals surface area contributed by atoms with Crippen LogP contribution in [0.2, 0.25) is 0 Å². The fraction of sp³-hybridized carbons (Fsp3) is 0.364. The molecule has 0 fully saturated rings. The number of amides is 2. The Kier molecular flexibility index (Phi) is 8.02. The molecule has 0 aromatic heterocycles. The minimum Gasteiger partial charge on any atom is -0.480 e. The molecule has 0 radical (unpaired) electrons. The number of carbonyl (C=O) groups is 2. The van der Waals surface area contributed by atoms with Crippen LogP contribution in [0.5, 0.6) is 5.75 Å². The molecule has 1 atom stereocenters. The molecule has 6 nitrogen and oxygen atoms in total. The third-order valence-electron chi connectivity index (χ3n) is 4.30. The molecule has 0 spiro atoms. The third-order valence-corrected chi connectivity index (χ3v) is 4.30. The number of rotatable bonds is 9. The summed E-state index contributed by atoms with van der Waals surface area (Å²) in [5, 5.41) is 5.59. The van der Waals surface area contributed by atoms with Crippen LogP contribution < -0.4 is 15.4 Å². The van der Waals surface area contributed by atoms with Crippen molar-refractivity contribution in [1.29, 1.82) is 0 Å². The Labute approximate surface area is 166 Å². The maximum absolute atomic E-state index is 12.8. The van der Waals surface area contributed by atoms with Crippen molar-refractivity contribution in [2.75, 3.05) is 25.6 Å². The number of hydrogen-bond acceptors (Lipinski definition) is 4. The molecule has 2 rings (SSSR count). The van der Waals surface area contributed by atoms with Gasteiger partial charge in [-0.05, 0) is 49.6 Å². The van der Waals surface area contributed by atoms with E-state index in [9.17, 15) is 9.59 Å². The molecule has 2 N–H and O–H groups in total. The van der Waals surface area contributed by atoms with Crippen LogP contribution in [0.1, 0.15) is 34.8 Å². The van der Waals surface area contributed by atoms with Crippen molar-refractivity contribution >= 4 is 17.5 Å². The zero-order valence-corrected chi connectivity index (χ0v) is 16.9. The van der Waals surface area contributed by atoms with E-state index in [1.165, 1.54) is 0 Å². The second-order valence-electron chi connectivity index (χ2n) is 6.57. The Morgan fingerprint density at radius 3 is 2.57 bits per heavy atom. The lowest BCUT2D eigenvalue weighted by molar-refractivity contribution is -0.122. The van der Waals surface area contributed by atoms with Gasteiger partial charge in [0, 0.05) is 13.7 Å². The summed E-state index contributed by atoms with van der Waals surface area (Å²) in [4.78, 5) is 25.2. The van der Waals surface area contributed by atoms with Crippen LogP contribution in [0.25, 0.3) is 0 Å². The van der Waals surface area contributed by atoms with Gasteiger partial charge in [0.2, 0.25) is 0 Å². The molecule has 6 heteroatoms. The van der Waals surface area contributed by atoms with Crippen molar-refractivity contribution in [3.8, 4) is 5.75 Å². The van der Waals surface area contributed by atoms with Crippen molar-refractivity contribution in [3.05, 3.63) is 59.2 Å². The van der Waals surface area contributed by atoms with Crippen molar-refractivity contribution < 1.29 is 19.1 Å². The number of methoxy groups -OCH3 is 1. The molecule has 2 aromatic rings. The van der Waals surface area contributed by atoms with E-state index in [0.717, 1.165) is 11.1 Å². The highest BCUT2D eigenvalue weighted by molar-refractivity contribution is 6.04. The fourth-order valence-electron chi connectivity index (χ4n) is 2.67. The predicted octanol–water partition coefficient (Wildman–Crippen LogP) is 3.48. The standard InChI is InChI=1S/C22H28N2O4/c1-5-19(28-20-14-15(2)10-11-16(20)3)22(26)24-18-9-7-6-8-17(18)21(25)23-12-13-27-4/h6-11,14,19H,5,12-13H2,1-4H3,(H,23,25)(H,24,26)/t19-/m0/s1. The number of anilines is 1. The molecule has 0 aliphatic heterocycles. The minimum absolute atomic E-state index is 0.267. The van der Waals surface area contributed by atoms with E-state index >= 15 is 0 Å². The van der Waals surface area contributed by atoms with Crippen LogP contribution in [0, 0.1) is 13.8 Å². The lowest BCUT2D eigenvalue weighted by Gasteiger charge is -2.20. The van der Waals surface area contributed by atoms with Gasteiger partial charge in [-0.15, -0.1) is 0 Å². The average molecular weight is 384 g/mol. The highest BCUT2D eigenvalue weighted by Gasteiger charge is 2.21. The van der Waals surface area contributed by atoms with E-state index in [0.29, 0.717) is 36.6 Å². The maximum atomic E-state index is 12.8. The summed E-state index contributed by atoms with van der Waals surface area (Å²) in [5.41, 5.74) is 2.88. The molecule has 0 aliphatic carbocycles. The Hall–Kier alpha value is -2.86. The lowest BCUT2D eigenvalue weighted by atomic mass is 10.1. The Balaban J connectivity index is 2.12. The molecular formula is C22H28N2O4. The monoisotopic (exact) mass is 384 g/mol. The smallest absolute Gasteiger partial charge is 0.265 e. The number of carbonyl (C=O) groups excluding carboxylic acids is 2. The zero-order valence-electron chi connectivity index (χ0n) is 16.9. The topological polar surface area (TPSA) is 76.7 Å². The zero-order chi connectivity index (χ0) is 20.5. The van der Waals surface area contributed by atoms with Crippen molar-refractivity contribution in [1.82, 2.24) is 5.32 Å². The van der Waals surface area contributed by atoms with Crippen molar-refractivity contribution in [3.63, 3.8) is 0 Å². The summed E-state index contributed by atoms with van der Waals surface area (Å²) < 4.78 is 10.9. The van der Waals surface area contributed by atoms with Crippen LogP contribution >= 0.6 is 0 Å². The molecule has 0 bridgehead atoms. The predicted molar refractivity (Wildman–Crippen MR) is 110 cm³/mol. The average Bonchev–Trinajstić information content (AvgIpc) is 2.69. The molecule has 0 aliphatic rings. The van der Waals surface area contributed by atoms with Crippen LogP contribution in [0.4, 0.5) is 5.69 Å². The van der Waals surface area contributed by atoms with Gasteiger partial charge in [-0.2, -0.15) is 0 Å². The van der Waals surface area contributed by atoms with Gasteiger partial charge in [0.25, 0.3) is 11.8 Å². The number of hydrogen-bond donors (Lipinski definition) is 2. The summed E-state index contributed by atoms with van der Waals surface area (Å²) >= 11 is 0. The second-order valence-corrected chi connectivity index (χ2v) is 6.57. The van der Waals surface area contributed by atoms with Crippen molar-refractivity contribution in [2.45, 2.75) is 33.3 Å². The third kappa shape index (κ3) is 5.82. The maximum Gasteiger partial charge on any atom is 0.265 e. The van der Waals surface area contributed by atoms with Gasteiger partial charge in [0.1, 0.15) is 5.75 Å². The molecule has 0 unspecified atom stereocenters. The normalized spacial score (nSPS) is 11.6.